The first kappa shape index (κ1) is 11.2. The van der Waals surface area contributed by atoms with Gasteiger partial charge in [-0.05, 0) is 6.42 Å². The maximum atomic E-state index is 12.4. The monoisotopic (exact) mass is 249 g/mol. The predicted molar refractivity (Wildman–Crippen MR) is 52.4 cm³/mol. The van der Waals surface area contributed by atoms with Gasteiger partial charge in [0.15, 0.2) is 5.65 Å². The number of aromatic nitrogens is 3. The van der Waals surface area contributed by atoms with E-state index in [9.17, 15) is 13.2 Å². The molecule has 2 heterocycles. The molecular weight excluding hydrogens is 243 g/mol. The van der Waals surface area contributed by atoms with Crippen LogP contribution in [-0.2, 0) is 12.6 Å². The van der Waals surface area contributed by atoms with Gasteiger partial charge in [0, 0.05) is 12.1 Å². The summed E-state index contributed by atoms with van der Waals surface area (Å²) in [5.74, 6) is 0. The third kappa shape index (κ3) is 1.84. The summed E-state index contributed by atoms with van der Waals surface area (Å²) in [5.41, 5.74) is -0.252. The number of hydrogen-bond acceptors (Lipinski definition) is 2. The van der Waals surface area contributed by atoms with Gasteiger partial charge in [0.2, 0.25) is 0 Å². The molecule has 0 atom stereocenters. The smallest absolute Gasteiger partial charge is 0.224 e. The van der Waals surface area contributed by atoms with Crippen molar-refractivity contribution < 1.29 is 13.2 Å². The van der Waals surface area contributed by atoms with Gasteiger partial charge in [0.25, 0.3) is 0 Å². The van der Waals surface area contributed by atoms with Crippen LogP contribution >= 0.6 is 11.6 Å². The van der Waals surface area contributed by atoms with Crippen LogP contribution in [0.3, 0.4) is 0 Å². The van der Waals surface area contributed by atoms with Gasteiger partial charge in [0.05, 0.1) is 5.69 Å². The first-order chi connectivity index (χ1) is 7.41. The lowest BCUT2D eigenvalue weighted by atomic mass is 10.3. The van der Waals surface area contributed by atoms with Gasteiger partial charge in [0.1, 0.15) is 10.8 Å². The Balaban J connectivity index is 2.67. The molecule has 2 rings (SSSR count). The molecular formula is C9H7ClF3N3. The minimum atomic E-state index is -4.50. The van der Waals surface area contributed by atoms with E-state index in [1.165, 1.54) is 10.6 Å². The average Bonchev–Trinajstić information content (AvgIpc) is 2.59. The van der Waals surface area contributed by atoms with Crippen molar-refractivity contribution in [3.05, 3.63) is 28.7 Å². The Morgan fingerprint density at radius 2 is 2.06 bits per heavy atom. The number of nitrogens with zero attached hydrogens (tertiary/aromatic N) is 3. The van der Waals surface area contributed by atoms with Crippen molar-refractivity contribution in [1.29, 1.82) is 0 Å². The van der Waals surface area contributed by atoms with Crippen LogP contribution in [0, 0.1) is 0 Å². The van der Waals surface area contributed by atoms with Gasteiger partial charge in [-0.3, -0.25) is 0 Å². The van der Waals surface area contributed by atoms with E-state index in [1.54, 1.807) is 0 Å². The Morgan fingerprint density at radius 1 is 1.38 bits per heavy atom. The standard InChI is InChI=1S/C9H7ClF3N3/c1-2-5-3-8-14-6(9(11,12)13)4-7(10)16(8)15-5/h3-4H,2H2,1H3. The van der Waals surface area contributed by atoms with Crippen LogP contribution in [0.5, 0.6) is 0 Å². The molecule has 0 aromatic carbocycles. The summed E-state index contributed by atoms with van der Waals surface area (Å²) in [7, 11) is 0. The molecule has 0 saturated heterocycles. The van der Waals surface area contributed by atoms with Gasteiger partial charge in [-0.2, -0.15) is 18.3 Å². The van der Waals surface area contributed by atoms with E-state index in [4.69, 9.17) is 11.6 Å². The topological polar surface area (TPSA) is 30.2 Å². The molecule has 0 amide bonds. The van der Waals surface area contributed by atoms with Crippen molar-refractivity contribution >= 4 is 17.2 Å². The Bertz CT molecular complexity index is 533. The van der Waals surface area contributed by atoms with E-state index >= 15 is 0 Å². The largest absolute Gasteiger partial charge is 0.433 e. The predicted octanol–water partition coefficient (Wildman–Crippen LogP) is 2.96. The summed E-state index contributed by atoms with van der Waals surface area (Å²) in [6.07, 6.45) is -3.89. The van der Waals surface area contributed by atoms with Crippen LogP contribution in [0.1, 0.15) is 18.3 Å². The highest BCUT2D eigenvalue weighted by Crippen LogP contribution is 2.29. The zero-order valence-electron chi connectivity index (χ0n) is 8.22. The summed E-state index contributed by atoms with van der Waals surface area (Å²) in [6.45, 7) is 1.85. The summed E-state index contributed by atoms with van der Waals surface area (Å²) >= 11 is 5.70. The molecule has 2 aromatic heterocycles. The van der Waals surface area contributed by atoms with Gasteiger partial charge >= 0.3 is 6.18 Å². The third-order valence-electron chi connectivity index (χ3n) is 2.09. The molecule has 0 fully saturated rings. The van der Waals surface area contributed by atoms with Crippen molar-refractivity contribution in [2.45, 2.75) is 19.5 Å². The van der Waals surface area contributed by atoms with Crippen molar-refractivity contribution in [1.82, 2.24) is 14.6 Å². The number of fused-ring (bicyclic) bond motifs is 1. The number of aryl methyl sites for hydroxylation is 1. The molecule has 0 aliphatic carbocycles. The first-order valence-electron chi connectivity index (χ1n) is 4.54. The fraction of sp³-hybridized carbons (Fsp3) is 0.333. The average molecular weight is 250 g/mol. The highest BCUT2D eigenvalue weighted by molar-refractivity contribution is 6.29. The maximum absolute atomic E-state index is 12.4. The van der Waals surface area contributed by atoms with Crippen LogP contribution in [-0.4, -0.2) is 14.6 Å². The highest BCUT2D eigenvalue weighted by atomic mass is 35.5. The molecule has 16 heavy (non-hydrogen) atoms. The Labute approximate surface area is 93.9 Å². The molecule has 0 aliphatic rings. The maximum Gasteiger partial charge on any atom is 0.433 e. The Hall–Kier alpha value is -1.30. The Morgan fingerprint density at radius 3 is 2.62 bits per heavy atom. The lowest BCUT2D eigenvalue weighted by Gasteiger charge is -2.06. The number of alkyl halides is 3. The van der Waals surface area contributed by atoms with E-state index < -0.39 is 11.9 Å². The van der Waals surface area contributed by atoms with Gasteiger partial charge in [-0.25, -0.2) is 9.50 Å². The van der Waals surface area contributed by atoms with Crippen LogP contribution < -0.4 is 0 Å². The van der Waals surface area contributed by atoms with E-state index in [2.05, 4.69) is 10.1 Å². The molecule has 0 N–H and O–H groups in total. The molecule has 0 bridgehead atoms. The third-order valence-corrected chi connectivity index (χ3v) is 2.36. The number of hydrogen-bond donors (Lipinski definition) is 0. The second-order valence-corrected chi connectivity index (χ2v) is 3.61. The number of halogens is 4. The van der Waals surface area contributed by atoms with E-state index in [1.807, 2.05) is 6.92 Å². The van der Waals surface area contributed by atoms with Crippen LogP contribution in [0.2, 0.25) is 5.15 Å². The summed E-state index contributed by atoms with van der Waals surface area (Å²) in [6, 6.07) is 2.25. The van der Waals surface area contributed by atoms with Gasteiger partial charge in [-0.1, -0.05) is 18.5 Å². The lowest BCUT2D eigenvalue weighted by Crippen LogP contribution is -2.09. The molecule has 3 nitrogen and oxygen atoms in total. The Kier molecular flexibility index (Phi) is 2.53. The minimum absolute atomic E-state index is 0.1000. The quantitative estimate of drug-likeness (QED) is 0.728. The van der Waals surface area contributed by atoms with E-state index in [-0.39, 0.29) is 10.8 Å². The van der Waals surface area contributed by atoms with Crippen molar-refractivity contribution in [3.8, 4) is 0 Å². The second-order valence-electron chi connectivity index (χ2n) is 3.22. The van der Waals surface area contributed by atoms with E-state index in [0.717, 1.165) is 6.07 Å². The van der Waals surface area contributed by atoms with Crippen molar-refractivity contribution in [3.63, 3.8) is 0 Å². The summed E-state index contributed by atoms with van der Waals surface area (Å²) in [4.78, 5) is 3.47. The van der Waals surface area contributed by atoms with Crippen molar-refractivity contribution in [2.75, 3.05) is 0 Å². The van der Waals surface area contributed by atoms with Gasteiger partial charge in [-0.15, -0.1) is 0 Å². The SMILES string of the molecule is CCc1cc2nc(C(F)(F)F)cc(Cl)n2n1. The second kappa shape index (κ2) is 3.62. The lowest BCUT2D eigenvalue weighted by molar-refractivity contribution is -0.141. The molecule has 0 aliphatic heterocycles. The van der Waals surface area contributed by atoms with E-state index in [0.29, 0.717) is 12.1 Å². The van der Waals surface area contributed by atoms with Crippen LogP contribution in [0.4, 0.5) is 13.2 Å². The minimum Gasteiger partial charge on any atom is -0.224 e. The normalized spacial score (nSPS) is 12.3. The fourth-order valence-electron chi connectivity index (χ4n) is 1.30. The fourth-order valence-corrected chi connectivity index (χ4v) is 1.53. The number of rotatable bonds is 1. The molecule has 2 aromatic rings. The molecule has 0 unspecified atom stereocenters. The van der Waals surface area contributed by atoms with Crippen LogP contribution in [0.15, 0.2) is 12.1 Å². The highest BCUT2D eigenvalue weighted by Gasteiger charge is 2.33. The molecule has 0 saturated carbocycles. The van der Waals surface area contributed by atoms with Crippen molar-refractivity contribution in [2.24, 2.45) is 0 Å². The van der Waals surface area contributed by atoms with Gasteiger partial charge < -0.3 is 0 Å². The van der Waals surface area contributed by atoms with Crippen LogP contribution in [0.25, 0.3) is 5.65 Å². The zero-order chi connectivity index (χ0) is 11.9. The first-order valence-corrected chi connectivity index (χ1v) is 4.92. The summed E-state index contributed by atoms with van der Waals surface area (Å²) < 4.78 is 38.5. The molecule has 0 radical (unpaired) electrons. The summed E-state index contributed by atoms with van der Waals surface area (Å²) in [5, 5.41) is 3.91. The molecule has 7 heteroatoms. The molecule has 86 valence electrons. The molecule has 0 spiro atoms. The zero-order valence-corrected chi connectivity index (χ0v) is 8.97.